The molecule has 0 aromatic carbocycles. The second-order valence-electron chi connectivity index (χ2n) is 6.91. The molecule has 110 valence electrons. The van der Waals surface area contributed by atoms with Crippen molar-refractivity contribution in [1.82, 2.24) is 5.32 Å². The second kappa shape index (κ2) is 6.15. The van der Waals surface area contributed by atoms with Gasteiger partial charge in [0.1, 0.15) is 0 Å². The Bertz CT molecular complexity index is 325. The van der Waals surface area contributed by atoms with Gasteiger partial charge in [0.2, 0.25) is 5.91 Å². The van der Waals surface area contributed by atoms with Crippen LogP contribution in [-0.2, 0) is 4.79 Å². The van der Waals surface area contributed by atoms with Crippen molar-refractivity contribution in [3.05, 3.63) is 0 Å². The van der Waals surface area contributed by atoms with E-state index in [0.29, 0.717) is 5.91 Å². The number of rotatable bonds is 4. The summed E-state index contributed by atoms with van der Waals surface area (Å²) in [4.78, 5) is 12.8. The predicted octanol–water partition coefficient (Wildman–Crippen LogP) is 4.42. The Labute approximate surface area is 126 Å². The molecule has 2 aliphatic carbocycles. The Morgan fingerprint density at radius 1 is 1.26 bits per heavy atom. The fourth-order valence-electron chi connectivity index (χ4n) is 4.09. The fourth-order valence-corrected chi connectivity index (χ4v) is 4.74. The van der Waals surface area contributed by atoms with E-state index in [0.717, 1.165) is 43.4 Å². The van der Waals surface area contributed by atoms with Crippen LogP contribution in [0.3, 0.4) is 0 Å². The lowest BCUT2D eigenvalue weighted by Gasteiger charge is -2.42. The van der Waals surface area contributed by atoms with Gasteiger partial charge in [-0.15, -0.1) is 0 Å². The summed E-state index contributed by atoms with van der Waals surface area (Å²) in [7, 11) is 0. The topological polar surface area (TPSA) is 29.1 Å². The van der Waals surface area contributed by atoms with Crippen molar-refractivity contribution in [2.45, 2.75) is 77.2 Å². The average Bonchev–Trinajstić information content (AvgIpc) is 2.88. The van der Waals surface area contributed by atoms with Crippen LogP contribution >= 0.6 is 15.9 Å². The Kier molecular flexibility index (Phi) is 4.97. The second-order valence-corrected chi connectivity index (χ2v) is 7.47. The molecule has 2 saturated carbocycles. The molecule has 0 heterocycles. The van der Waals surface area contributed by atoms with E-state index in [9.17, 15) is 4.79 Å². The maximum Gasteiger partial charge on any atom is 0.226 e. The summed E-state index contributed by atoms with van der Waals surface area (Å²) >= 11 is 3.66. The first kappa shape index (κ1) is 15.3. The first-order chi connectivity index (χ1) is 9.06. The molecule has 2 rings (SSSR count). The van der Waals surface area contributed by atoms with E-state index in [4.69, 9.17) is 0 Å². The number of hydrogen-bond donors (Lipinski definition) is 1. The molecule has 0 aromatic heterocycles. The van der Waals surface area contributed by atoms with E-state index in [1.54, 1.807) is 0 Å². The van der Waals surface area contributed by atoms with Gasteiger partial charge in [-0.2, -0.15) is 0 Å². The lowest BCUT2D eigenvalue weighted by molar-refractivity contribution is -0.133. The van der Waals surface area contributed by atoms with Crippen molar-refractivity contribution >= 4 is 21.8 Å². The van der Waals surface area contributed by atoms with E-state index in [1.165, 1.54) is 25.7 Å². The zero-order valence-corrected chi connectivity index (χ0v) is 14.0. The molecule has 2 aliphatic rings. The number of halogens is 1. The van der Waals surface area contributed by atoms with Gasteiger partial charge in [-0.25, -0.2) is 0 Å². The van der Waals surface area contributed by atoms with Crippen LogP contribution in [0.25, 0.3) is 0 Å². The highest BCUT2D eigenvalue weighted by Crippen LogP contribution is 2.42. The van der Waals surface area contributed by atoms with Gasteiger partial charge in [0.25, 0.3) is 0 Å². The number of nitrogens with one attached hydrogen (secondary N) is 1. The SMILES string of the molecule is CCC1(C(=O)NC2(CBr)CCCC(C)C2)CCCC1. The first-order valence-corrected chi connectivity index (χ1v) is 9.07. The van der Waals surface area contributed by atoms with Crippen LogP contribution < -0.4 is 5.32 Å². The van der Waals surface area contributed by atoms with E-state index in [-0.39, 0.29) is 11.0 Å². The Hall–Kier alpha value is -0.0500. The van der Waals surface area contributed by atoms with Gasteiger partial charge in [-0.3, -0.25) is 4.79 Å². The highest BCUT2D eigenvalue weighted by atomic mass is 79.9. The zero-order chi connectivity index (χ0) is 13.9. The third-order valence-corrected chi connectivity index (χ3v) is 6.52. The molecule has 0 bridgehead atoms. The van der Waals surface area contributed by atoms with E-state index in [1.807, 2.05) is 0 Å². The molecule has 0 aromatic rings. The van der Waals surface area contributed by atoms with Gasteiger partial charge in [-0.05, 0) is 38.0 Å². The molecule has 2 nitrogen and oxygen atoms in total. The van der Waals surface area contributed by atoms with Crippen molar-refractivity contribution in [3.8, 4) is 0 Å². The molecule has 1 amide bonds. The summed E-state index contributed by atoms with van der Waals surface area (Å²) in [5.41, 5.74) is -0.0463. The molecule has 0 spiro atoms. The van der Waals surface area contributed by atoms with Gasteiger partial charge in [0.05, 0.1) is 0 Å². The number of hydrogen-bond acceptors (Lipinski definition) is 1. The summed E-state index contributed by atoms with van der Waals surface area (Å²) in [5, 5.41) is 4.36. The average molecular weight is 330 g/mol. The quantitative estimate of drug-likeness (QED) is 0.760. The Morgan fingerprint density at radius 2 is 1.95 bits per heavy atom. The highest BCUT2D eigenvalue weighted by molar-refractivity contribution is 9.09. The predicted molar refractivity (Wildman–Crippen MR) is 83.5 cm³/mol. The largest absolute Gasteiger partial charge is 0.349 e. The maximum atomic E-state index is 12.8. The summed E-state index contributed by atoms with van der Waals surface area (Å²) in [6, 6.07) is 0. The van der Waals surface area contributed by atoms with Crippen molar-refractivity contribution in [2.24, 2.45) is 11.3 Å². The standard InChI is InChI=1S/C16H28BrNO/c1-3-15(8-4-5-9-15)14(19)18-16(12-17)10-6-7-13(2)11-16/h13H,3-12H2,1-2H3,(H,18,19). The smallest absolute Gasteiger partial charge is 0.226 e. The molecular weight excluding hydrogens is 302 g/mol. The summed E-state index contributed by atoms with van der Waals surface area (Å²) in [6.07, 6.45) is 10.4. The molecule has 0 saturated heterocycles. The molecule has 2 atom stereocenters. The van der Waals surface area contributed by atoms with Gasteiger partial charge >= 0.3 is 0 Å². The van der Waals surface area contributed by atoms with Crippen molar-refractivity contribution < 1.29 is 4.79 Å². The number of carbonyl (C=O) groups excluding carboxylic acids is 1. The fraction of sp³-hybridized carbons (Fsp3) is 0.938. The highest BCUT2D eigenvalue weighted by Gasteiger charge is 2.43. The minimum absolute atomic E-state index is 0.0134. The number of carbonyl (C=O) groups is 1. The van der Waals surface area contributed by atoms with E-state index in [2.05, 4.69) is 35.1 Å². The molecule has 0 radical (unpaired) electrons. The van der Waals surface area contributed by atoms with Gasteiger partial charge in [0.15, 0.2) is 0 Å². The lowest BCUT2D eigenvalue weighted by atomic mass is 9.75. The summed E-state index contributed by atoms with van der Waals surface area (Å²) in [5.74, 6) is 1.06. The van der Waals surface area contributed by atoms with Gasteiger partial charge < -0.3 is 5.32 Å². The van der Waals surface area contributed by atoms with Crippen LogP contribution in [0.1, 0.15) is 71.6 Å². The van der Waals surface area contributed by atoms with E-state index < -0.39 is 0 Å². The Balaban J connectivity index is 2.07. The minimum Gasteiger partial charge on any atom is -0.349 e. The van der Waals surface area contributed by atoms with Crippen molar-refractivity contribution in [2.75, 3.05) is 5.33 Å². The van der Waals surface area contributed by atoms with Crippen LogP contribution in [0.5, 0.6) is 0 Å². The maximum absolute atomic E-state index is 12.8. The molecule has 19 heavy (non-hydrogen) atoms. The summed E-state index contributed by atoms with van der Waals surface area (Å²) < 4.78 is 0. The number of alkyl halides is 1. The Morgan fingerprint density at radius 3 is 2.47 bits per heavy atom. The minimum atomic E-state index is -0.0597. The molecule has 1 N–H and O–H groups in total. The molecule has 2 unspecified atom stereocenters. The molecular formula is C16H28BrNO. The monoisotopic (exact) mass is 329 g/mol. The summed E-state index contributed by atoms with van der Waals surface area (Å²) in [6.45, 7) is 4.49. The third-order valence-electron chi connectivity index (χ3n) is 5.45. The van der Waals surface area contributed by atoms with Gasteiger partial charge in [-0.1, -0.05) is 55.5 Å². The molecule has 0 aliphatic heterocycles. The zero-order valence-electron chi connectivity index (χ0n) is 12.4. The van der Waals surface area contributed by atoms with E-state index >= 15 is 0 Å². The van der Waals surface area contributed by atoms with Crippen LogP contribution in [-0.4, -0.2) is 16.8 Å². The van der Waals surface area contributed by atoms with Gasteiger partial charge in [0, 0.05) is 16.3 Å². The third kappa shape index (κ3) is 3.17. The van der Waals surface area contributed by atoms with Crippen molar-refractivity contribution in [3.63, 3.8) is 0 Å². The van der Waals surface area contributed by atoms with Crippen LogP contribution in [0.2, 0.25) is 0 Å². The molecule has 2 fully saturated rings. The normalized spacial score (nSPS) is 34.2. The molecule has 3 heteroatoms. The number of amides is 1. The van der Waals surface area contributed by atoms with Crippen LogP contribution in [0, 0.1) is 11.3 Å². The first-order valence-electron chi connectivity index (χ1n) is 7.94. The van der Waals surface area contributed by atoms with Crippen molar-refractivity contribution in [1.29, 1.82) is 0 Å². The lowest BCUT2D eigenvalue weighted by Crippen LogP contribution is -2.56. The van der Waals surface area contributed by atoms with Crippen LogP contribution in [0.4, 0.5) is 0 Å². The van der Waals surface area contributed by atoms with Crippen LogP contribution in [0.15, 0.2) is 0 Å².